The van der Waals surface area contributed by atoms with Gasteiger partial charge in [-0.1, -0.05) is 18.2 Å². The molecular formula is C25H28FN5O2. The summed E-state index contributed by atoms with van der Waals surface area (Å²) in [5.74, 6) is 0.228. The zero-order chi connectivity index (χ0) is 23.2. The van der Waals surface area contributed by atoms with Gasteiger partial charge in [0.2, 0.25) is 0 Å². The van der Waals surface area contributed by atoms with Gasteiger partial charge in [0.15, 0.2) is 0 Å². The van der Waals surface area contributed by atoms with Gasteiger partial charge in [-0.15, -0.1) is 0 Å². The van der Waals surface area contributed by atoms with Crippen LogP contribution in [0.5, 0.6) is 0 Å². The first-order chi connectivity index (χ1) is 15.9. The van der Waals surface area contributed by atoms with Crippen molar-refractivity contribution in [3.63, 3.8) is 0 Å². The van der Waals surface area contributed by atoms with E-state index in [2.05, 4.69) is 15.5 Å². The molecule has 1 aromatic heterocycles. The van der Waals surface area contributed by atoms with Crippen molar-refractivity contribution in [3.8, 4) is 16.8 Å². The predicted molar refractivity (Wildman–Crippen MR) is 125 cm³/mol. The number of carbonyl (C=O) groups is 1. The SMILES string of the molecule is CN(C)c1ccc(-c2ccc(-n3c(C[C@@]4(C(=O)C5CC5)CCNC4)n[nH]c3=O)c(F)c2)cc1. The van der Waals surface area contributed by atoms with Crippen molar-refractivity contribution in [1.82, 2.24) is 20.1 Å². The maximum absolute atomic E-state index is 15.3. The van der Waals surface area contributed by atoms with E-state index in [-0.39, 0.29) is 17.4 Å². The molecule has 1 atom stereocenters. The normalized spacial score (nSPS) is 20.2. The number of hydrogen-bond donors (Lipinski definition) is 2. The van der Waals surface area contributed by atoms with E-state index in [9.17, 15) is 9.59 Å². The lowest BCUT2D eigenvalue weighted by molar-refractivity contribution is -0.129. The number of Topliss-reactive ketones (excluding diaryl/α,β-unsaturated/α-hetero) is 1. The van der Waals surface area contributed by atoms with Crippen LogP contribution in [-0.2, 0) is 11.2 Å². The molecule has 2 aliphatic rings. The van der Waals surface area contributed by atoms with Crippen LogP contribution >= 0.6 is 0 Å². The van der Waals surface area contributed by atoms with Gasteiger partial charge < -0.3 is 10.2 Å². The highest BCUT2D eigenvalue weighted by Crippen LogP contribution is 2.42. The van der Waals surface area contributed by atoms with Crippen molar-refractivity contribution < 1.29 is 9.18 Å². The van der Waals surface area contributed by atoms with Gasteiger partial charge in [0, 0.05) is 44.1 Å². The van der Waals surface area contributed by atoms with E-state index in [1.807, 2.05) is 43.3 Å². The van der Waals surface area contributed by atoms with E-state index >= 15 is 4.39 Å². The van der Waals surface area contributed by atoms with Crippen molar-refractivity contribution in [2.75, 3.05) is 32.1 Å². The second-order valence-electron chi connectivity index (χ2n) is 9.41. The molecule has 8 heteroatoms. The number of anilines is 1. The Morgan fingerprint density at radius 3 is 2.52 bits per heavy atom. The van der Waals surface area contributed by atoms with Crippen LogP contribution in [0.1, 0.15) is 25.1 Å². The maximum atomic E-state index is 15.3. The fraction of sp³-hybridized carbons (Fsp3) is 0.400. The molecule has 1 saturated heterocycles. The lowest BCUT2D eigenvalue weighted by Crippen LogP contribution is -2.38. The van der Waals surface area contributed by atoms with Gasteiger partial charge in [0.25, 0.3) is 0 Å². The van der Waals surface area contributed by atoms with Gasteiger partial charge in [0.05, 0.1) is 5.69 Å². The topological polar surface area (TPSA) is 83.0 Å². The zero-order valence-corrected chi connectivity index (χ0v) is 18.9. The van der Waals surface area contributed by atoms with Gasteiger partial charge in [-0.25, -0.2) is 18.9 Å². The van der Waals surface area contributed by atoms with Crippen LogP contribution in [0.15, 0.2) is 47.3 Å². The third-order valence-corrected chi connectivity index (χ3v) is 6.86. The van der Waals surface area contributed by atoms with E-state index in [0.29, 0.717) is 25.2 Å². The van der Waals surface area contributed by atoms with Gasteiger partial charge in [0.1, 0.15) is 17.4 Å². The molecule has 2 N–H and O–H groups in total. The number of nitrogens with one attached hydrogen (secondary N) is 2. The average molecular weight is 450 g/mol. The number of benzene rings is 2. The molecule has 2 heterocycles. The fourth-order valence-electron chi connectivity index (χ4n) is 4.79. The average Bonchev–Trinajstić information content (AvgIpc) is 3.45. The summed E-state index contributed by atoms with van der Waals surface area (Å²) in [6.07, 6.45) is 2.87. The molecule has 2 aromatic carbocycles. The summed E-state index contributed by atoms with van der Waals surface area (Å²) in [4.78, 5) is 27.7. The molecule has 0 bridgehead atoms. The lowest BCUT2D eigenvalue weighted by atomic mass is 9.77. The molecule has 1 aliphatic heterocycles. The van der Waals surface area contributed by atoms with Crippen LogP contribution in [-0.4, -0.2) is 47.7 Å². The third-order valence-electron chi connectivity index (χ3n) is 6.86. The maximum Gasteiger partial charge on any atom is 0.348 e. The van der Waals surface area contributed by atoms with Crippen molar-refractivity contribution in [1.29, 1.82) is 0 Å². The van der Waals surface area contributed by atoms with Gasteiger partial charge in [-0.05, 0) is 61.2 Å². The minimum absolute atomic E-state index is 0.110. The second-order valence-corrected chi connectivity index (χ2v) is 9.41. The Balaban J connectivity index is 1.47. The van der Waals surface area contributed by atoms with Crippen LogP contribution in [0.4, 0.5) is 10.1 Å². The number of nitrogens with zero attached hydrogens (tertiary/aromatic N) is 3. The van der Waals surface area contributed by atoms with Gasteiger partial charge in [-0.3, -0.25) is 4.79 Å². The van der Waals surface area contributed by atoms with Crippen LogP contribution in [0.2, 0.25) is 0 Å². The first-order valence-electron chi connectivity index (χ1n) is 11.4. The lowest BCUT2D eigenvalue weighted by Gasteiger charge is -2.26. The highest BCUT2D eigenvalue weighted by Gasteiger charge is 2.48. The minimum atomic E-state index is -0.588. The van der Waals surface area contributed by atoms with Crippen molar-refractivity contribution in [2.45, 2.75) is 25.7 Å². The second kappa shape index (κ2) is 8.26. The van der Waals surface area contributed by atoms with Gasteiger partial charge in [-0.2, -0.15) is 5.10 Å². The molecule has 1 aliphatic carbocycles. The van der Waals surface area contributed by atoms with Gasteiger partial charge >= 0.3 is 5.69 Å². The molecule has 0 radical (unpaired) electrons. The minimum Gasteiger partial charge on any atom is -0.378 e. The largest absolute Gasteiger partial charge is 0.378 e. The summed E-state index contributed by atoms with van der Waals surface area (Å²) in [7, 11) is 3.93. The molecule has 0 amide bonds. The highest BCUT2D eigenvalue weighted by atomic mass is 19.1. The molecular weight excluding hydrogens is 421 g/mol. The van der Waals surface area contributed by atoms with Crippen molar-refractivity contribution in [2.24, 2.45) is 11.3 Å². The number of carbonyl (C=O) groups excluding carboxylic acids is 1. The Morgan fingerprint density at radius 2 is 1.91 bits per heavy atom. The van der Waals surface area contributed by atoms with Crippen molar-refractivity contribution >= 4 is 11.5 Å². The summed E-state index contributed by atoms with van der Waals surface area (Å²) in [5, 5.41) is 9.93. The molecule has 33 heavy (non-hydrogen) atoms. The molecule has 172 valence electrons. The summed E-state index contributed by atoms with van der Waals surface area (Å²) in [6.45, 7) is 1.32. The van der Waals surface area contributed by atoms with E-state index < -0.39 is 16.9 Å². The smallest absolute Gasteiger partial charge is 0.348 e. The Hall–Kier alpha value is -3.26. The zero-order valence-electron chi connectivity index (χ0n) is 18.9. The number of aromatic nitrogens is 3. The van der Waals surface area contributed by atoms with E-state index in [1.54, 1.807) is 12.1 Å². The molecule has 2 fully saturated rings. The standard InChI is InChI=1S/C25H28FN5O2/c1-30(2)19-8-5-16(6-9-19)18-7-10-21(20(26)13-18)31-22(28-29-24(31)33)14-25(11-12-27-15-25)23(32)17-3-4-17/h5-10,13,17,27H,3-4,11-12,14-15H2,1-2H3,(H,29,33)/t25-/m0/s1. The summed E-state index contributed by atoms with van der Waals surface area (Å²) in [5.41, 5.74) is 1.71. The number of hydrogen-bond acceptors (Lipinski definition) is 5. The predicted octanol–water partition coefficient (Wildman–Crippen LogP) is 2.93. The first-order valence-corrected chi connectivity index (χ1v) is 11.4. The molecule has 1 saturated carbocycles. The Labute approximate surface area is 191 Å². The number of ketones is 1. The van der Waals surface area contributed by atoms with Crippen molar-refractivity contribution in [3.05, 3.63) is 64.6 Å². The quantitative estimate of drug-likeness (QED) is 0.580. The number of halogens is 1. The summed E-state index contributed by atoms with van der Waals surface area (Å²) >= 11 is 0. The Kier molecular flexibility index (Phi) is 5.40. The molecule has 3 aromatic rings. The summed E-state index contributed by atoms with van der Waals surface area (Å²) in [6, 6.07) is 12.7. The van der Waals surface area contributed by atoms with E-state index in [4.69, 9.17) is 0 Å². The van der Waals surface area contributed by atoms with Crippen LogP contribution in [0, 0.1) is 17.2 Å². The molecule has 5 rings (SSSR count). The molecule has 0 unspecified atom stereocenters. The monoisotopic (exact) mass is 449 g/mol. The van der Waals surface area contributed by atoms with E-state index in [0.717, 1.165) is 36.2 Å². The number of H-pyrrole nitrogens is 1. The number of rotatable bonds is 7. The summed E-state index contributed by atoms with van der Waals surface area (Å²) < 4.78 is 16.6. The van der Waals surface area contributed by atoms with Crippen LogP contribution in [0.25, 0.3) is 16.8 Å². The van der Waals surface area contributed by atoms with Crippen LogP contribution < -0.4 is 15.9 Å². The molecule has 0 spiro atoms. The third kappa shape index (κ3) is 3.99. The molecule has 7 nitrogen and oxygen atoms in total. The van der Waals surface area contributed by atoms with Crippen LogP contribution in [0.3, 0.4) is 0 Å². The first kappa shape index (κ1) is 21.6. The van der Waals surface area contributed by atoms with E-state index in [1.165, 1.54) is 10.6 Å². The number of aromatic amines is 1. The Bertz CT molecular complexity index is 1230. The Morgan fingerprint density at radius 1 is 1.18 bits per heavy atom. The fourth-order valence-corrected chi connectivity index (χ4v) is 4.79. The highest BCUT2D eigenvalue weighted by molar-refractivity contribution is 5.89.